The van der Waals surface area contributed by atoms with Crippen LogP contribution in [0.3, 0.4) is 0 Å². The molecule has 2 rings (SSSR count). The number of nitrogens with one attached hydrogen (secondary N) is 1. The lowest BCUT2D eigenvalue weighted by Gasteiger charge is -2.02. The molecular weight excluding hydrogens is 218 g/mol. The van der Waals surface area contributed by atoms with Crippen molar-refractivity contribution in [2.75, 3.05) is 5.32 Å². The van der Waals surface area contributed by atoms with Crippen molar-refractivity contribution in [3.63, 3.8) is 0 Å². The van der Waals surface area contributed by atoms with Crippen LogP contribution < -0.4 is 10.9 Å². The zero-order chi connectivity index (χ0) is 12.4. The molecule has 0 spiro atoms. The second kappa shape index (κ2) is 4.14. The number of benzene rings is 1. The van der Waals surface area contributed by atoms with Gasteiger partial charge in [-0.15, -0.1) is 6.42 Å². The molecule has 0 saturated heterocycles. The first kappa shape index (κ1) is 11.0. The van der Waals surface area contributed by atoms with Gasteiger partial charge in [0.15, 0.2) is 0 Å². The third-order valence-electron chi connectivity index (χ3n) is 2.21. The summed E-state index contributed by atoms with van der Waals surface area (Å²) >= 11 is 0. The van der Waals surface area contributed by atoms with Crippen LogP contribution in [0.25, 0.3) is 11.0 Å². The van der Waals surface area contributed by atoms with E-state index in [9.17, 15) is 9.59 Å². The van der Waals surface area contributed by atoms with E-state index in [1.54, 1.807) is 24.3 Å². The van der Waals surface area contributed by atoms with Crippen LogP contribution in [0.5, 0.6) is 0 Å². The van der Waals surface area contributed by atoms with Gasteiger partial charge in [-0.05, 0) is 24.3 Å². The summed E-state index contributed by atoms with van der Waals surface area (Å²) in [5.41, 5.74) is 0.563. The monoisotopic (exact) mass is 227 g/mol. The van der Waals surface area contributed by atoms with Crippen molar-refractivity contribution in [1.82, 2.24) is 0 Å². The lowest BCUT2D eigenvalue weighted by molar-refractivity contribution is -0.114. The Hall–Kier alpha value is -2.54. The molecule has 84 valence electrons. The van der Waals surface area contributed by atoms with Gasteiger partial charge in [0.1, 0.15) is 11.3 Å². The Labute approximate surface area is 97.2 Å². The number of anilines is 1. The van der Waals surface area contributed by atoms with Crippen molar-refractivity contribution in [2.24, 2.45) is 0 Å². The molecule has 0 saturated carbocycles. The third kappa shape index (κ3) is 2.18. The van der Waals surface area contributed by atoms with E-state index in [-0.39, 0.29) is 11.6 Å². The highest BCUT2D eigenvalue weighted by molar-refractivity contribution is 5.91. The van der Waals surface area contributed by atoms with Crippen molar-refractivity contribution in [2.45, 2.75) is 6.92 Å². The standard InChI is InChI=1S/C13H9NO3/c1-3-9-4-5-10-7-11(14-8(2)15)13(16)17-12(10)6-9/h1,4-7H,2H3,(H,14,15). The third-order valence-corrected chi connectivity index (χ3v) is 2.21. The molecule has 4 nitrogen and oxygen atoms in total. The van der Waals surface area contributed by atoms with Gasteiger partial charge in [0.05, 0.1) is 0 Å². The van der Waals surface area contributed by atoms with Gasteiger partial charge in [-0.3, -0.25) is 4.79 Å². The molecule has 0 fully saturated rings. The van der Waals surface area contributed by atoms with Crippen LogP contribution in [-0.4, -0.2) is 5.91 Å². The Morgan fingerprint density at radius 1 is 1.41 bits per heavy atom. The summed E-state index contributed by atoms with van der Waals surface area (Å²) in [5.74, 6) is 2.13. The number of carbonyl (C=O) groups excluding carboxylic acids is 1. The fourth-order valence-corrected chi connectivity index (χ4v) is 1.48. The summed E-state index contributed by atoms with van der Waals surface area (Å²) in [6, 6.07) is 6.63. The first-order valence-electron chi connectivity index (χ1n) is 4.92. The van der Waals surface area contributed by atoms with Crippen LogP contribution in [0.4, 0.5) is 5.69 Å². The number of hydrogen-bond donors (Lipinski definition) is 1. The van der Waals surface area contributed by atoms with Crippen LogP contribution in [0.15, 0.2) is 33.5 Å². The van der Waals surface area contributed by atoms with E-state index in [1.165, 1.54) is 6.92 Å². The zero-order valence-corrected chi connectivity index (χ0v) is 9.11. The highest BCUT2D eigenvalue weighted by Crippen LogP contribution is 2.17. The average Bonchev–Trinajstić information content (AvgIpc) is 2.29. The number of fused-ring (bicyclic) bond motifs is 1. The van der Waals surface area contributed by atoms with Gasteiger partial charge in [-0.1, -0.05) is 5.92 Å². The highest BCUT2D eigenvalue weighted by Gasteiger charge is 2.06. The van der Waals surface area contributed by atoms with Gasteiger partial charge in [0.2, 0.25) is 5.91 Å². The first-order chi connectivity index (χ1) is 8.10. The van der Waals surface area contributed by atoms with Crippen LogP contribution >= 0.6 is 0 Å². The van der Waals surface area contributed by atoms with Crippen molar-refractivity contribution < 1.29 is 9.21 Å². The predicted molar refractivity (Wildman–Crippen MR) is 64.7 cm³/mol. The molecule has 1 heterocycles. The molecule has 0 bridgehead atoms. The van der Waals surface area contributed by atoms with Crippen molar-refractivity contribution in [3.05, 3.63) is 40.2 Å². The summed E-state index contributed by atoms with van der Waals surface area (Å²) in [4.78, 5) is 22.4. The minimum Gasteiger partial charge on any atom is -0.421 e. The molecule has 1 aromatic carbocycles. The molecule has 2 aromatic rings. The van der Waals surface area contributed by atoms with Gasteiger partial charge in [-0.25, -0.2) is 4.79 Å². The Kier molecular flexibility index (Phi) is 2.67. The number of terminal acetylenes is 1. The Balaban J connectivity index is 2.63. The fraction of sp³-hybridized carbons (Fsp3) is 0.0769. The van der Waals surface area contributed by atoms with Crippen LogP contribution in [0.1, 0.15) is 12.5 Å². The number of amides is 1. The van der Waals surface area contributed by atoms with E-state index in [2.05, 4.69) is 11.2 Å². The van der Waals surface area contributed by atoms with E-state index >= 15 is 0 Å². The zero-order valence-electron chi connectivity index (χ0n) is 9.11. The normalized spacial score (nSPS) is 9.88. The van der Waals surface area contributed by atoms with Gasteiger partial charge >= 0.3 is 5.63 Å². The topological polar surface area (TPSA) is 59.3 Å². The molecule has 0 atom stereocenters. The summed E-state index contributed by atoms with van der Waals surface area (Å²) in [6.45, 7) is 1.32. The van der Waals surface area contributed by atoms with E-state index in [4.69, 9.17) is 10.8 Å². The molecule has 4 heteroatoms. The molecule has 0 aliphatic heterocycles. The molecule has 1 amide bonds. The second-order valence-corrected chi connectivity index (χ2v) is 3.53. The molecule has 1 N–H and O–H groups in total. The molecule has 1 aromatic heterocycles. The second-order valence-electron chi connectivity index (χ2n) is 3.53. The maximum absolute atomic E-state index is 11.5. The first-order valence-corrected chi connectivity index (χ1v) is 4.92. The molecular formula is C13H9NO3. The number of rotatable bonds is 1. The summed E-state index contributed by atoms with van der Waals surface area (Å²) in [7, 11) is 0. The highest BCUT2D eigenvalue weighted by atomic mass is 16.4. The average molecular weight is 227 g/mol. The molecule has 0 radical (unpaired) electrons. The minimum atomic E-state index is -0.595. The Morgan fingerprint density at radius 3 is 2.82 bits per heavy atom. The van der Waals surface area contributed by atoms with E-state index < -0.39 is 5.63 Å². The van der Waals surface area contributed by atoms with Gasteiger partial charge < -0.3 is 9.73 Å². The fourth-order valence-electron chi connectivity index (χ4n) is 1.48. The summed E-state index contributed by atoms with van der Waals surface area (Å²) in [6.07, 6.45) is 5.25. The smallest absolute Gasteiger partial charge is 0.360 e. The SMILES string of the molecule is C#Cc1ccc2cc(NC(C)=O)c(=O)oc2c1. The predicted octanol–water partition coefficient (Wildman–Crippen LogP) is 1.73. The molecule has 0 unspecified atom stereocenters. The van der Waals surface area contributed by atoms with Crippen LogP contribution in [0, 0.1) is 12.3 Å². The van der Waals surface area contributed by atoms with Gasteiger partial charge in [0, 0.05) is 17.9 Å². The maximum Gasteiger partial charge on any atom is 0.360 e. The lowest BCUT2D eigenvalue weighted by Crippen LogP contribution is -2.14. The van der Waals surface area contributed by atoms with E-state index in [0.29, 0.717) is 16.5 Å². The van der Waals surface area contributed by atoms with E-state index in [1.807, 2.05) is 0 Å². The molecule has 0 aliphatic rings. The summed E-state index contributed by atoms with van der Waals surface area (Å²) in [5, 5.41) is 3.11. The molecule has 17 heavy (non-hydrogen) atoms. The largest absolute Gasteiger partial charge is 0.421 e. The maximum atomic E-state index is 11.5. The van der Waals surface area contributed by atoms with Crippen molar-refractivity contribution in [1.29, 1.82) is 0 Å². The number of hydrogen-bond acceptors (Lipinski definition) is 3. The Bertz CT molecular complexity index is 692. The van der Waals surface area contributed by atoms with E-state index in [0.717, 1.165) is 0 Å². The number of carbonyl (C=O) groups is 1. The van der Waals surface area contributed by atoms with Gasteiger partial charge in [0.25, 0.3) is 0 Å². The van der Waals surface area contributed by atoms with Crippen molar-refractivity contribution in [3.8, 4) is 12.3 Å². The summed E-state index contributed by atoms with van der Waals surface area (Å²) < 4.78 is 5.07. The minimum absolute atomic E-state index is 0.124. The Morgan fingerprint density at radius 2 is 2.18 bits per heavy atom. The lowest BCUT2D eigenvalue weighted by atomic mass is 10.1. The van der Waals surface area contributed by atoms with Crippen LogP contribution in [-0.2, 0) is 4.79 Å². The van der Waals surface area contributed by atoms with Gasteiger partial charge in [-0.2, -0.15) is 0 Å². The van der Waals surface area contributed by atoms with Crippen molar-refractivity contribution >= 4 is 22.6 Å². The molecule has 0 aliphatic carbocycles. The van der Waals surface area contributed by atoms with Crippen LogP contribution in [0.2, 0.25) is 0 Å². The quantitative estimate of drug-likeness (QED) is 0.596.